The molecule has 0 spiro atoms. The number of pyridine rings is 1. The molecular weight excluding hydrogens is 298 g/mol. The summed E-state index contributed by atoms with van der Waals surface area (Å²) >= 11 is 1.60. The maximum absolute atomic E-state index is 9.99. The zero-order chi connectivity index (χ0) is 14.9. The van der Waals surface area contributed by atoms with E-state index in [1.165, 1.54) is 0 Å². The fourth-order valence-corrected chi connectivity index (χ4v) is 3.36. The van der Waals surface area contributed by atoms with Gasteiger partial charge in [-0.05, 0) is 23.6 Å². The zero-order valence-electron chi connectivity index (χ0n) is 11.7. The van der Waals surface area contributed by atoms with Crippen LogP contribution in [0.3, 0.4) is 0 Å². The summed E-state index contributed by atoms with van der Waals surface area (Å²) < 4.78 is 1.01. The van der Waals surface area contributed by atoms with Crippen LogP contribution in [0.1, 0.15) is 0 Å². The van der Waals surface area contributed by atoms with E-state index in [4.69, 9.17) is 0 Å². The summed E-state index contributed by atoms with van der Waals surface area (Å²) in [6, 6.07) is 5.73. The Bertz CT molecular complexity index is 791. The number of aromatic nitrogens is 3. The third kappa shape index (κ3) is 2.43. The lowest BCUT2D eigenvalue weighted by molar-refractivity contribution is 0.185. The smallest absolute Gasteiger partial charge is 0.162 e. The first-order valence-corrected chi connectivity index (χ1v) is 8.00. The maximum atomic E-state index is 9.99. The molecule has 1 fully saturated rings. The van der Waals surface area contributed by atoms with Crippen molar-refractivity contribution in [2.45, 2.75) is 12.1 Å². The van der Waals surface area contributed by atoms with Gasteiger partial charge in [-0.1, -0.05) is 0 Å². The van der Waals surface area contributed by atoms with Crippen LogP contribution in [0.4, 0.5) is 5.82 Å². The third-order valence-electron chi connectivity index (χ3n) is 3.75. The quantitative estimate of drug-likeness (QED) is 0.680. The van der Waals surface area contributed by atoms with Gasteiger partial charge in [-0.15, -0.1) is 11.3 Å². The predicted octanol–water partition coefficient (Wildman–Crippen LogP) is 1.50. The van der Waals surface area contributed by atoms with Gasteiger partial charge >= 0.3 is 0 Å². The van der Waals surface area contributed by atoms with Crippen LogP contribution in [-0.2, 0) is 0 Å². The van der Waals surface area contributed by atoms with Crippen LogP contribution < -0.4 is 10.6 Å². The summed E-state index contributed by atoms with van der Waals surface area (Å²) in [5.41, 5.74) is 1.84. The number of nitrogens with zero attached hydrogens (tertiary/aromatic N) is 3. The van der Waals surface area contributed by atoms with E-state index >= 15 is 0 Å². The van der Waals surface area contributed by atoms with E-state index in [2.05, 4.69) is 25.6 Å². The number of hydrogen-bond donors (Lipinski definition) is 3. The van der Waals surface area contributed by atoms with Crippen LogP contribution in [0.2, 0.25) is 0 Å². The largest absolute Gasteiger partial charge is 0.390 e. The Morgan fingerprint density at radius 1 is 1.18 bits per heavy atom. The highest BCUT2D eigenvalue weighted by Gasteiger charge is 2.26. The number of thiophene rings is 1. The van der Waals surface area contributed by atoms with Crippen molar-refractivity contribution < 1.29 is 5.11 Å². The van der Waals surface area contributed by atoms with E-state index < -0.39 is 6.10 Å². The molecule has 2 unspecified atom stereocenters. The molecule has 0 aromatic carbocycles. The van der Waals surface area contributed by atoms with Gasteiger partial charge in [-0.25, -0.2) is 9.97 Å². The number of hydrogen-bond acceptors (Lipinski definition) is 7. The lowest BCUT2D eigenvalue weighted by Gasteiger charge is -2.17. The third-order valence-corrected chi connectivity index (χ3v) is 4.66. The fraction of sp³-hybridized carbons (Fsp3) is 0.267. The van der Waals surface area contributed by atoms with Crippen molar-refractivity contribution in [1.82, 2.24) is 20.3 Å². The topological polar surface area (TPSA) is 83.0 Å². The van der Waals surface area contributed by atoms with Gasteiger partial charge in [0, 0.05) is 31.0 Å². The van der Waals surface area contributed by atoms with Crippen LogP contribution in [-0.4, -0.2) is 45.3 Å². The van der Waals surface area contributed by atoms with Crippen molar-refractivity contribution >= 4 is 27.4 Å². The highest BCUT2D eigenvalue weighted by molar-refractivity contribution is 7.17. The molecule has 0 bridgehead atoms. The monoisotopic (exact) mass is 313 g/mol. The lowest BCUT2D eigenvalue weighted by atomic mass is 10.2. The van der Waals surface area contributed by atoms with E-state index in [1.807, 2.05) is 23.6 Å². The highest BCUT2D eigenvalue weighted by Crippen LogP contribution is 2.29. The first-order chi connectivity index (χ1) is 10.8. The molecule has 112 valence electrons. The normalized spacial score (nSPS) is 21.3. The molecule has 3 aromatic heterocycles. The molecule has 0 radical (unpaired) electrons. The van der Waals surface area contributed by atoms with Crippen LogP contribution in [0.25, 0.3) is 21.6 Å². The Balaban J connectivity index is 1.77. The second kappa shape index (κ2) is 5.60. The molecule has 0 aliphatic carbocycles. The summed E-state index contributed by atoms with van der Waals surface area (Å²) in [7, 11) is 0. The molecular formula is C15H15N5OS. The number of β-amino-alcohol motifs (C(OH)–C–C–N with tert-alkyl or cyclic N) is 1. The lowest BCUT2D eigenvalue weighted by Crippen LogP contribution is -2.32. The number of rotatable bonds is 3. The Hall–Kier alpha value is -2.09. The van der Waals surface area contributed by atoms with Gasteiger partial charge in [0.1, 0.15) is 5.82 Å². The predicted molar refractivity (Wildman–Crippen MR) is 86.9 cm³/mol. The molecule has 7 heteroatoms. The summed E-state index contributed by atoms with van der Waals surface area (Å²) in [4.78, 5) is 13.3. The van der Waals surface area contributed by atoms with Crippen LogP contribution in [0.5, 0.6) is 0 Å². The van der Waals surface area contributed by atoms with Crippen molar-refractivity contribution in [3.8, 4) is 11.4 Å². The van der Waals surface area contributed by atoms with E-state index in [9.17, 15) is 5.11 Å². The number of aliphatic hydroxyl groups is 1. The van der Waals surface area contributed by atoms with Crippen LogP contribution in [0.15, 0.2) is 36.0 Å². The van der Waals surface area contributed by atoms with Gasteiger partial charge in [-0.2, -0.15) is 0 Å². The van der Waals surface area contributed by atoms with Crippen molar-refractivity contribution in [3.63, 3.8) is 0 Å². The van der Waals surface area contributed by atoms with Gasteiger partial charge < -0.3 is 15.7 Å². The molecule has 6 nitrogen and oxygen atoms in total. The molecule has 0 saturated carbocycles. The van der Waals surface area contributed by atoms with Gasteiger partial charge in [0.2, 0.25) is 0 Å². The Morgan fingerprint density at radius 3 is 2.82 bits per heavy atom. The SMILES string of the molecule is OC1CNCC1Nc1nc(-c2ccncc2)nc2ccsc12. The molecule has 3 aromatic rings. The highest BCUT2D eigenvalue weighted by atomic mass is 32.1. The fourth-order valence-electron chi connectivity index (χ4n) is 2.58. The Morgan fingerprint density at radius 2 is 2.05 bits per heavy atom. The van der Waals surface area contributed by atoms with Crippen molar-refractivity contribution in [2.24, 2.45) is 0 Å². The molecule has 22 heavy (non-hydrogen) atoms. The standard InChI is InChI=1S/C15H15N5OS/c21-12-8-17-7-11(12)19-15-13-10(3-6-22-13)18-14(20-15)9-1-4-16-5-2-9/h1-6,11-12,17,21H,7-8H2,(H,18,19,20). The first-order valence-electron chi connectivity index (χ1n) is 7.12. The minimum Gasteiger partial charge on any atom is -0.390 e. The summed E-state index contributed by atoms with van der Waals surface area (Å²) in [6.45, 7) is 1.33. The van der Waals surface area contributed by atoms with Gasteiger partial charge in [0.25, 0.3) is 0 Å². The average Bonchev–Trinajstić information content (AvgIpc) is 3.17. The second-order valence-corrected chi connectivity index (χ2v) is 6.16. The van der Waals surface area contributed by atoms with Crippen molar-refractivity contribution in [2.75, 3.05) is 18.4 Å². The van der Waals surface area contributed by atoms with E-state index in [-0.39, 0.29) is 6.04 Å². The van der Waals surface area contributed by atoms with E-state index in [1.54, 1.807) is 23.7 Å². The van der Waals surface area contributed by atoms with Crippen molar-refractivity contribution in [3.05, 3.63) is 36.0 Å². The average molecular weight is 313 g/mol. The number of aliphatic hydroxyl groups excluding tert-OH is 1. The van der Waals surface area contributed by atoms with Crippen LogP contribution >= 0.6 is 11.3 Å². The van der Waals surface area contributed by atoms with E-state index in [0.717, 1.165) is 28.1 Å². The molecule has 4 rings (SSSR count). The van der Waals surface area contributed by atoms with Gasteiger partial charge in [-0.3, -0.25) is 4.98 Å². The van der Waals surface area contributed by atoms with Gasteiger partial charge in [0.05, 0.1) is 22.4 Å². The van der Waals surface area contributed by atoms with Crippen LogP contribution in [0, 0.1) is 0 Å². The molecule has 2 atom stereocenters. The number of anilines is 1. The van der Waals surface area contributed by atoms with Crippen molar-refractivity contribution in [1.29, 1.82) is 0 Å². The number of fused-ring (bicyclic) bond motifs is 1. The summed E-state index contributed by atoms with van der Waals surface area (Å²) in [5.74, 6) is 1.44. The zero-order valence-corrected chi connectivity index (χ0v) is 12.5. The summed E-state index contributed by atoms with van der Waals surface area (Å²) in [6.07, 6.45) is 3.05. The molecule has 0 amide bonds. The molecule has 1 aliphatic rings. The first kappa shape index (κ1) is 13.6. The Labute approximate surface area is 131 Å². The van der Waals surface area contributed by atoms with Gasteiger partial charge in [0.15, 0.2) is 5.82 Å². The maximum Gasteiger partial charge on any atom is 0.162 e. The second-order valence-electron chi connectivity index (χ2n) is 5.24. The minimum atomic E-state index is -0.408. The summed E-state index contributed by atoms with van der Waals surface area (Å²) in [5, 5.41) is 18.5. The molecule has 4 heterocycles. The minimum absolute atomic E-state index is 0.0366. The molecule has 3 N–H and O–H groups in total. The van der Waals surface area contributed by atoms with E-state index in [0.29, 0.717) is 12.4 Å². The number of nitrogens with one attached hydrogen (secondary N) is 2. The molecule has 1 aliphatic heterocycles. The Kier molecular flexibility index (Phi) is 3.45. The molecule has 1 saturated heterocycles.